The molecule has 6 heteroatoms. The van der Waals surface area contributed by atoms with E-state index in [4.69, 9.17) is 14.6 Å². The zero-order valence-electron chi connectivity index (χ0n) is 18.4. The van der Waals surface area contributed by atoms with E-state index >= 15 is 0 Å². The van der Waals surface area contributed by atoms with Crippen molar-refractivity contribution in [1.29, 1.82) is 0 Å². The van der Waals surface area contributed by atoms with E-state index in [9.17, 15) is 4.79 Å². The number of rotatable bonds is 7. The van der Waals surface area contributed by atoms with Crippen LogP contribution >= 0.6 is 0 Å². The lowest BCUT2D eigenvalue weighted by Crippen LogP contribution is -2.27. The summed E-state index contributed by atoms with van der Waals surface area (Å²) >= 11 is 0. The van der Waals surface area contributed by atoms with Gasteiger partial charge >= 0.3 is 0 Å². The molecule has 1 aliphatic rings. The van der Waals surface area contributed by atoms with Crippen molar-refractivity contribution in [3.8, 4) is 23.1 Å². The minimum atomic E-state index is 0.201. The van der Waals surface area contributed by atoms with Crippen LogP contribution in [0.4, 0.5) is 0 Å². The first-order valence-electron chi connectivity index (χ1n) is 10.8. The van der Waals surface area contributed by atoms with Crippen LogP contribution in [0.3, 0.4) is 0 Å². The van der Waals surface area contributed by atoms with Gasteiger partial charge in [-0.25, -0.2) is 4.68 Å². The quantitative estimate of drug-likeness (QED) is 0.550. The van der Waals surface area contributed by atoms with Crippen LogP contribution in [-0.4, -0.2) is 40.8 Å². The van der Waals surface area contributed by atoms with Crippen LogP contribution in [-0.2, 0) is 11.2 Å². The summed E-state index contributed by atoms with van der Waals surface area (Å²) in [7, 11) is 1.63. The number of carbonyl (C=O) groups excluding carboxylic acids is 1. The predicted molar refractivity (Wildman–Crippen MR) is 120 cm³/mol. The van der Waals surface area contributed by atoms with Crippen molar-refractivity contribution < 1.29 is 14.3 Å². The van der Waals surface area contributed by atoms with Crippen molar-refractivity contribution in [2.75, 3.05) is 20.2 Å². The molecule has 0 aliphatic carbocycles. The summed E-state index contributed by atoms with van der Waals surface area (Å²) in [5.74, 6) is 2.24. The molecule has 0 N–H and O–H groups in total. The maximum absolute atomic E-state index is 12.6. The maximum Gasteiger partial charge on any atom is 0.226 e. The Balaban J connectivity index is 1.68. The van der Waals surface area contributed by atoms with E-state index in [0.717, 1.165) is 54.2 Å². The van der Waals surface area contributed by atoms with Gasteiger partial charge in [0.05, 0.1) is 18.5 Å². The van der Waals surface area contributed by atoms with Gasteiger partial charge in [-0.15, -0.1) is 0 Å². The number of amides is 1. The third kappa shape index (κ3) is 4.74. The molecule has 2 heterocycles. The maximum atomic E-state index is 12.6. The Morgan fingerprint density at radius 2 is 1.77 bits per heavy atom. The van der Waals surface area contributed by atoms with E-state index in [0.29, 0.717) is 24.5 Å². The fraction of sp³-hybridized carbons (Fsp3) is 0.360. The van der Waals surface area contributed by atoms with Crippen LogP contribution < -0.4 is 9.47 Å². The molecule has 0 atom stereocenters. The molecule has 6 nitrogen and oxygen atoms in total. The molecule has 0 unspecified atom stereocenters. The molecule has 1 aliphatic heterocycles. The van der Waals surface area contributed by atoms with Crippen molar-refractivity contribution in [1.82, 2.24) is 14.7 Å². The molecule has 0 bridgehead atoms. The third-order valence-electron chi connectivity index (χ3n) is 5.69. The minimum absolute atomic E-state index is 0.201. The summed E-state index contributed by atoms with van der Waals surface area (Å²) in [6.45, 7) is 5.76. The average Bonchev–Trinajstić information content (AvgIpc) is 3.41. The topological polar surface area (TPSA) is 56.6 Å². The van der Waals surface area contributed by atoms with Gasteiger partial charge in [0, 0.05) is 31.1 Å². The van der Waals surface area contributed by atoms with E-state index in [2.05, 4.69) is 19.1 Å². The van der Waals surface area contributed by atoms with E-state index < -0.39 is 0 Å². The molecular formula is C25H29N3O3. The molecule has 162 valence electrons. The van der Waals surface area contributed by atoms with Crippen LogP contribution in [0.25, 0.3) is 5.69 Å². The fourth-order valence-corrected chi connectivity index (χ4v) is 4.00. The summed E-state index contributed by atoms with van der Waals surface area (Å²) in [6.07, 6.45) is 3.24. The van der Waals surface area contributed by atoms with Gasteiger partial charge in [-0.05, 0) is 62.9 Å². The van der Waals surface area contributed by atoms with Crippen molar-refractivity contribution >= 4 is 5.91 Å². The van der Waals surface area contributed by atoms with E-state index in [-0.39, 0.29) is 5.91 Å². The Morgan fingerprint density at radius 3 is 2.52 bits per heavy atom. The smallest absolute Gasteiger partial charge is 0.226 e. The second-order valence-corrected chi connectivity index (χ2v) is 7.99. The number of aryl methyl sites for hydroxylation is 2. The largest absolute Gasteiger partial charge is 0.497 e. The predicted octanol–water partition coefficient (Wildman–Crippen LogP) is 4.85. The molecule has 2 aromatic carbocycles. The standard InChI is InChI=1S/C25H29N3O3/c1-18-8-6-9-20(16-18)28-25(31-22-11-7-10-21(17-22)30-3)23(19(2)26-28)12-13-24(29)27-14-4-5-15-27/h6-11,16-17H,4-5,12-15H2,1-3H3. The Bertz CT molecular complexity index is 1070. The van der Waals surface area contributed by atoms with Crippen LogP contribution in [0.15, 0.2) is 48.5 Å². The fourth-order valence-electron chi connectivity index (χ4n) is 4.00. The molecule has 3 aromatic rings. The highest BCUT2D eigenvalue weighted by Crippen LogP contribution is 2.33. The van der Waals surface area contributed by atoms with E-state index in [1.807, 2.05) is 52.9 Å². The third-order valence-corrected chi connectivity index (χ3v) is 5.69. The van der Waals surface area contributed by atoms with Crippen molar-refractivity contribution in [3.63, 3.8) is 0 Å². The number of likely N-dealkylation sites (tertiary alicyclic amines) is 1. The van der Waals surface area contributed by atoms with Crippen molar-refractivity contribution in [2.24, 2.45) is 0 Å². The minimum Gasteiger partial charge on any atom is -0.497 e. The Labute approximate surface area is 183 Å². The Kier molecular flexibility index (Phi) is 6.26. The number of carbonyl (C=O) groups is 1. The summed E-state index contributed by atoms with van der Waals surface area (Å²) < 4.78 is 13.5. The summed E-state index contributed by atoms with van der Waals surface area (Å²) in [5, 5.41) is 4.77. The number of hydrogen-bond donors (Lipinski definition) is 0. The summed E-state index contributed by atoms with van der Waals surface area (Å²) in [6, 6.07) is 15.7. The molecule has 1 aromatic heterocycles. The normalized spacial score (nSPS) is 13.5. The van der Waals surface area contributed by atoms with Gasteiger partial charge in [0.1, 0.15) is 11.5 Å². The van der Waals surface area contributed by atoms with Gasteiger partial charge in [0.15, 0.2) is 0 Å². The van der Waals surface area contributed by atoms with Gasteiger partial charge in [0.2, 0.25) is 11.8 Å². The lowest BCUT2D eigenvalue weighted by atomic mass is 10.1. The Morgan fingerprint density at radius 1 is 1.03 bits per heavy atom. The number of aromatic nitrogens is 2. The number of benzene rings is 2. The van der Waals surface area contributed by atoms with Gasteiger partial charge in [0.25, 0.3) is 0 Å². The SMILES string of the molecule is COc1cccc(Oc2c(CCC(=O)N3CCCC3)c(C)nn2-c2cccc(C)c2)c1. The highest BCUT2D eigenvalue weighted by atomic mass is 16.5. The Hall–Kier alpha value is -3.28. The molecule has 4 rings (SSSR count). The molecule has 0 saturated carbocycles. The first-order chi connectivity index (χ1) is 15.0. The van der Waals surface area contributed by atoms with Crippen LogP contribution in [0.1, 0.15) is 36.1 Å². The van der Waals surface area contributed by atoms with Crippen molar-refractivity contribution in [3.05, 3.63) is 65.4 Å². The van der Waals surface area contributed by atoms with Gasteiger partial charge < -0.3 is 14.4 Å². The molecule has 0 radical (unpaired) electrons. The summed E-state index contributed by atoms with van der Waals surface area (Å²) in [4.78, 5) is 14.6. The van der Waals surface area contributed by atoms with E-state index in [1.54, 1.807) is 7.11 Å². The van der Waals surface area contributed by atoms with E-state index in [1.165, 1.54) is 0 Å². The van der Waals surface area contributed by atoms with Crippen LogP contribution in [0.5, 0.6) is 17.4 Å². The first-order valence-corrected chi connectivity index (χ1v) is 10.8. The number of methoxy groups -OCH3 is 1. The number of ether oxygens (including phenoxy) is 2. The zero-order chi connectivity index (χ0) is 21.8. The van der Waals surface area contributed by atoms with Gasteiger partial charge in [-0.1, -0.05) is 18.2 Å². The molecular weight excluding hydrogens is 390 g/mol. The molecule has 1 amide bonds. The van der Waals surface area contributed by atoms with Crippen LogP contribution in [0, 0.1) is 13.8 Å². The van der Waals surface area contributed by atoms with Crippen LogP contribution in [0.2, 0.25) is 0 Å². The van der Waals surface area contributed by atoms with Gasteiger partial charge in [-0.2, -0.15) is 5.10 Å². The lowest BCUT2D eigenvalue weighted by molar-refractivity contribution is -0.130. The molecule has 31 heavy (non-hydrogen) atoms. The second-order valence-electron chi connectivity index (χ2n) is 7.99. The second kappa shape index (κ2) is 9.25. The lowest BCUT2D eigenvalue weighted by Gasteiger charge is -2.16. The monoisotopic (exact) mass is 419 g/mol. The number of hydrogen-bond acceptors (Lipinski definition) is 4. The number of nitrogens with zero attached hydrogens (tertiary/aromatic N) is 3. The first kappa shape index (κ1) is 21.0. The highest BCUT2D eigenvalue weighted by molar-refractivity contribution is 5.76. The molecule has 1 saturated heterocycles. The highest BCUT2D eigenvalue weighted by Gasteiger charge is 2.23. The van der Waals surface area contributed by atoms with Gasteiger partial charge in [-0.3, -0.25) is 4.79 Å². The molecule has 0 spiro atoms. The van der Waals surface area contributed by atoms with Crippen molar-refractivity contribution in [2.45, 2.75) is 39.5 Å². The zero-order valence-corrected chi connectivity index (χ0v) is 18.4. The average molecular weight is 420 g/mol. The molecule has 1 fully saturated rings. The summed E-state index contributed by atoms with van der Waals surface area (Å²) in [5.41, 5.74) is 3.90.